The van der Waals surface area contributed by atoms with Crippen molar-refractivity contribution in [2.24, 2.45) is 18.9 Å². The van der Waals surface area contributed by atoms with Crippen molar-refractivity contribution in [1.82, 2.24) is 19.8 Å². The van der Waals surface area contributed by atoms with E-state index >= 15 is 0 Å². The molecule has 0 bridgehead atoms. The molecule has 2 fully saturated rings. The highest BCUT2D eigenvalue weighted by Crippen LogP contribution is 2.33. The summed E-state index contributed by atoms with van der Waals surface area (Å²) in [6, 6.07) is 17.6. The summed E-state index contributed by atoms with van der Waals surface area (Å²) in [6.07, 6.45) is 3.67. The van der Waals surface area contributed by atoms with Gasteiger partial charge in [0.1, 0.15) is 11.9 Å². The molecule has 1 N–H and O–H groups in total. The van der Waals surface area contributed by atoms with Crippen LogP contribution in [0.1, 0.15) is 43.1 Å². The largest absolute Gasteiger partial charge is 0.342 e. The fraction of sp³-hybridized carbons (Fsp3) is 0.400. The molecule has 0 radical (unpaired) electrons. The molecule has 0 spiro atoms. The molecule has 31 heavy (non-hydrogen) atoms. The molecule has 2 aliphatic rings. The van der Waals surface area contributed by atoms with Crippen molar-refractivity contribution in [3.8, 4) is 0 Å². The van der Waals surface area contributed by atoms with Crippen molar-refractivity contribution < 1.29 is 9.59 Å². The molecule has 2 atom stereocenters. The maximum atomic E-state index is 13.3. The Labute approximate surface area is 182 Å². The fourth-order valence-corrected chi connectivity index (χ4v) is 4.60. The quantitative estimate of drug-likeness (QED) is 0.693. The average Bonchev–Trinajstić information content (AvgIpc) is 3.62. The third-order valence-corrected chi connectivity index (χ3v) is 6.53. The van der Waals surface area contributed by atoms with Crippen molar-refractivity contribution in [3.05, 3.63) is 66.0 Å². The Bertz CT molecular complexity index is 1100. The number of nitrogens with one attached hydrogen (secondary N) is 1. The molecule has 2 heterocycles. The fourth-order valence-electron chi connectivity index (χ4n) is 4.60. The predicted molar refractivity (Wildman–Crippen MR) is 119 cm³/mol. The second-order valence-corrected chi connectivity index (χ2v) is 8.77. The SMILES string of the molecule is Cn1c(C(NC(=O)C2CCCN(C(=O)C3CC3)C2)c2ccccc2)nc2ccccc21. The Morgan fingerprint density at radius 1 is 1.00 bits per heavy atom. The van der Waals surface area contributed by atoms with Crippen LogP contribution < -0.4 is 5.32 Å². The van der Waals surface area contributed by atoms with E-state index in [0.717, 1.165) is 54.6 Å². The zero-order chi connectivity index (χ0) is 21.4. The second-order valence-electron chi connectivity index (χ2n) is 8.77. The number of piperidine rings is 1. The van der Waals surface area contributed by atoms with E-state index < -0.39 is 0 Å². The summed E-state index contributed by atoms with van der Waals surface area (Å²) < 4.78 is 2.05. The highest BCUT2D eigenvalue weighted by Gasteiger charge is 2.37. The van der Waals surface area contributed by atoms with Gasteiger partial charge in [-0.25, -0.2) is 4.98 Å². The lowest BCUT2D eigenvalue weighted by Crippen LogP contribution is -2.46. The van der Waals surface area contributed by atoms with Gasteiger partial charge in [0.05, 0.1) is 17.0 Å². The predicted octanol–water partition coefficient (Wildman–Crippen LogP) is 3.43. The van der Waals surface area contributed by atoms with Gasteiger partial charge in [-0.05, 0) is 43.4 Å². The van der Waals surface area contributed by atoms with Crippen molar-refractivity contribution in [1.29, 1.82) is 0 Å². The van der Waals surface area contributed by atoms with E-state index in [0.29, 0.717) is 6.54 Å². The number of hydrogen-bond acceptors (Lipinski definition) is 3. The zero-order valence-electron chi connectivity index (χ0n) is 17.8. The first kappa shape index (κ1) is 19.8. The van der Waals surface area contributed by atoms with Crippen LogP contribution in [0.25, 0.3) is 11.0 Å². The lowest BCUT2D eigenvalue weighted by atomic mass is 9.95. The number of hydrogen-bond donors (Lipinski definition) is 1. The lowest BCUT2D eigenvalue weighted by Gasteiger charge is -2.33. The summed E-state index contributed by atoms with van der Waals surface area (Å²) in [5.41, 5.74) is 2.94. The Balaban J connectivity index is 1.41. The van der Waals surface area contributed by atoms with E-state index in [4.69, 9.17) is 4.98 Å². The monoisotopic (exact) mass is 416 g/mol. The Morgan fingerprint density at radius 2 is 1.74 bits per heavy atom. The number of aryl methyl sites for hydroxylation is 1. The van der Waals surface area contributed by atoms with Gasteiger partial charge in [0.15, 0.2) is 0 Å². The normalized spacial score (nSPS) is 19.9. The molecule has 6 heteroatoms. The molecular formula is C25H28N4O2. The zero-order valence-corrected chi connectivity index (χ0v) is 17.8. The molecular weight excluding hydrogens is 388 g/mol. The van der Waals surface area contributed by atoms with Gasteiger partial charge in [-0.1, -0.05) is 42.5 Å². The van der Waals surface area contributed by atoms with E-state index in [1.807, 2.05) is 66.5 Å². The van der Waals surface area contributed by atoms with Crippen LogP contribution in [0.15, 0.2) is 54.6 Å². The van der Waals surface area contributed by atoms with Crippen molar-refractivity contribution in [2.45, 2.75) is 31.7 Å². The molecule has 2 amide bonds. The first-order chi connectivity index (χ1) is 15.1. The number of imidazole rings is 1. The first-order valence-electron chi connectivity index (χ1n) is 11.2. The van der Waals surface area contributed by atoms with E-state index in [2.05, 4.69) is 9.88 Å². The summed E-state index contributed by atoms with van der Waals surface area (Å²) in [7, 11) is 1.99. The number of carbonyl (C=O) groups is 2. The van der Waals surface area contributed by atoms with Crippen molar-refractivity contribution >= 4 is 22.8 Å². The van der Waals surface area contributed by atoms with Gasteiger partial charge in [-0.2, -0.15) is 0 Å². The van der Waals surface area contributed by atoms with Gasteiger partial charge < -0.3 is 14.8 Å². The summed E-state index contributed by atoms with van der Waals surface area (Å²) in [4.78, 5) is 32.6. The van der Waals surface area contributed by atoms with Crippen LogP contribution in [0.2, 0.25) is 0 Å². The van der Waals surface area contributed by atoms with Crippen LogP contribution in [-0.2, 0) is 16.6 Å². The molecule has 1 saturated carbocycles. The van der Waals surface area contributed by atoms with Crippen LogP contribution in [0, 0.1) is 11.8 Å². The number of para-hydroxylation sites is 2. The van der Waals surface area contributed by atoms with E-state index in [1.165, 1.54) is 0 Å². The number of amides is 2. The third-order valence-electron chi connectivity index (χ3n) is 6.53. The van der Waals surface area contributed by atoms with Crippen LogP contribution in [0.5, 0.6) is 0 Å². The van der Waals surface area contributed by atoms with Gasteiger partial charge in [0, 0.05) is 26.1 Å². The van der Waals surface area contributed by atoms with Crippen LogP contribution in [-0.4, -0.2) is 39.4 Å². The highest BCUT2D eigenvalue weighted by molar-refractivity contribution is 5.84. The van der Waals surface area contributed by atoms with Gasteiger partial charge >= 0.3 is 0 Å². The first-order valence-corrected chi connectivity index (χ1v) is 11.2. The minimum Gasteiger partial charge on any atom is -0.342 e. The minimum absolute atomic E-state index is 0.00536. The van der Waals surface area contributed by atoms with Gasteiger partial charge in [-0.15, -0.1) is 0 Å². The Hall–Kier alpha value is -3.15. The molecule has 1 aliphatic heterocycles. The lowest BCUT2D eigenvalue weighted by molar-refractivity contribution is -0.136. The summed E-state index contributed by atoms with van der Waals surface area (Å²) >= 11 is 0. The molecule has 2 unspecified atom stereocenters. The summed E-state index contributed by atoms with van der Waals surface area (Å²) in [5, 5.41) is 3.27. The summed E-state index contributed by atoms with van der Waals surface area (Å²) in [6.45, 7) is 1.29. The summed E-state index contributed by atoms with van der Waals surface area (Å²) in [5.74, 6) is 1.04. The number of benzene rings is 2. The number of carbonyl (C=O) groups excluding carboxylic acids is 2. The highest BCUT2D eigenvalue weighted by atomic mass is 16.2. The minimum atomic E-state index is -0.347. The Kier molecular flexibility index (Phi) is 5.22. The Morgan fingerprint density at radius 3 is 2.48 bits per heavy atom. The van der Waals surface area contributed by atoms with Crippen LogP contribution in [0.3, 0.4) is 0 Å². The molecule has 160 valence electrons. The third kappa shape index (κ3) is 3.94. The molecule has 1 saturated heterocycles. The number of likely N-dealkylation sites (tertiary alicyclic amines) is 1. The van der Waals surface area contributed by atoms with Gasteiger partial charge in [0.25, 0.3) is 0 Å². The molecule has 1 aromatic heterocycles. The van der Waals surface area contributed by atoms with E-state index in [9.17, 15) is 9.59 Å². The number of nitrogens with zero attached hydrogens (tertiary/aromatic N) is 3. The number of rotatable bonds is 5. The topological polar surface area (TPSA) is 67.2 Å². The molecule has 2 aromatic carbocycles. The van der Waals surface area contributed by atoms with Crippen LogP contribution in [0.4, 0.5) is 0 Å². The van der Waals surface area contributed by atoms with Crippen molar-refractivity contribution in [3.63, 3.8) is 0 Å². The van der Waals surface area contributed by atoms with E-state index in [1.54, 1.807) is 0 Å². The van der Waals surface area contributed by atoms with Gasteiger partial charge in [-0.3, -0.25) is 9.59 Å². The van der Waals surface area contributed by atoms with Crippen molar-refractivity contribution in [2.75, 3.05) is 13.1 Å². The van der Waals surface area contributed by atoms with Gasteiger partial charge in [0.2, 0.25) is 11.8 Å². The van der Waals surface area contributed by atoms with Crippen LogP contribution >= 0.6 is 0 Å². The average molecular weight is 417 g/mol. The molecule has 5 rings (SSSR count). The van der Waals surface area contributed by atoms with E-state index in [-0.39, 0.29) is 29.7 Å². The molecule has 3 aromatic rings. The maximum Gasteiger partial charge on any atom is 0.225 e. The number of aromatic nitrogens is 2. The second kappa shape index (κ2) is 8.17. The maximum absolute atomic E-state index is 13.3. The number of fused-ring (bicyclic) bond motifs is 1. The molecule has 1 aliphatic carbocycles. The molecule has 6 nitrogen and oxygen atoms in total. The smallest absolute Gasteiger partial charge is 0.225 e. The standard InChI is InChI=1S/C25H28N4O2/c1-28-21-12-6-5-11-20(21)26-23(28)22(17-8-3-2-4-9-17)27-24(30)19-10-7-15-29(16-19)25(31)18-13-14-18/h2-6,8-9,11-12,18-19,22H,7,10,13-16H2,1H3,(H,27,30).